The third-order valence-corrected chi connectivity index (χ3v) is 4.31. The van der Waals surface area contributed by atoms with Crippen LogP contribution >= 0.6 is 0 Å². The van der Waals surface area contributed by atoms with Crippen LogP contribution in [0.25, 0.3) is 0 Å². The third kappa shape index (κ3) is 4.14. The number of pyridine rings is 1. The maximum Gasteiger partial charge on any atom is 0.341 e. The number of rotatable bonds is 5. The Balaban J connectivity index is 1.65. The summed E-state index contributed by atoms with van der Waals surface area (Å²) in [5.41, 5.74) is 1.20. The zero-order valence-corrected chi connectivity index (χ0v) is 14.3. The van der Waals surface area contributed by atoms with E-state index in [2.05, 4.69) is 14.8 Å². The Morgan fingerprint density at radius 2 is 1.92 bits per heavy atom. The average molecular weight is 343 g/mol. The predicted octanol–water partition coefficient (Wildman–Crippen LogP) is 2.72. The Morgan fingerprint density at radius 1 is 1.16 bits per heavy atom. The van der Waals surface area contributed by atoms with Gasteiger partial charge in [-0.05, 0) is 25.1 Å². The van der Waals surface area contributed by atoms with E-state index in [1.54, 1.807) is 31.3 Å². The molecule has 1 saturated heterocycles. The summed E-state index contributed by atoms with van der Waals surface area (Å²) >= 11 is 0. The second kappa shape index (κ2) is 8.07. The number of anilines is 1. The van der Waals surface area contributed by atoms with Crippen molar-refractivity contribution in [2.75, 3.05) is 37.7 Å². The van der Waals surface area contributed by atoms with E-state index in [1.165, 1.54) is 6.07 Å². The second-order valence-electron chi connectivity index (χ2n) is 5.95. The SMILES string of the molecule is CCOC(=O)c1cccnc1N1CCN(Cc2ccccc2F)CC1. The summed E-state index contributed by atoms with van der Waals surface area (Å²) in [6.45, 7) is 5.75. The summed E-state index contributed by atoms with van der Waals surface area (Å²) in [6.07, 6.45) is 1.68. The van der Waals surface area contributed by atoms with Crippen molar-refractivity contribution in [3.63, 3.8) is 0 Å². The molecule has 1 aliphatic heterocycles. The van der Waals surface area contributed by atoms with Gasteiger partial charge in [0.1, 0.15) is 17.2 Å². The molecule has 0 bridgehead atoms. The first kappa shape index (κ1) is 17.4. The highest BCUT2D eigenvalue weighted by atomic mass is 19.1. The van der Waals surface area contributed by atoms with Crippen LogP contribution in [0.5, 0.6) is 0 Å². The molecule has 1 aromatic carbocycles. The van der Waals surface area contributed by atoms with Crippen LogP contribution in [0.15, 0.2) is 42.6 Å². The van der Waals surface area contributed by atoms with Crippen LogP contribution in [0.2, 0.25) is 0 Å². The molecule has 0 radical (unpaired) electrons. The van der Waals surface area contributed by atoms with Crippen LogP contribution in [0, 0.1) is 5.82 Å². The summed E-state index contributed by atoms with van der Waals surface area (Å²) in [6, 6.07) is 10.4. The van der Waals surface area contributed by atoms with E-state index in [0.29, 0.717) is 30.1 Å². The zero-order valence-electron chi connectivity index (χ0n) is 14.3. The molecule has 0 saturated carbocycles. The fraction of sp³-hybridized carbons (Fsp3) is 0.368. The molecule has 6 heteroatoms. The number of hydrogen-bond acceptors (Lipinski definition) is 5. The van der Waals surface area contributed by atoms with Gasteiger partial charge in [0.25, 0.3) is 0 Å². The number of carbonyl (C=O) groups excluding carboxylic acids is 1. The Kier molecular flexibility index (Phi) is 5.60. The molecule has 0 N–H and O–H groups in total. The molecule has 1 aromatic heterocycles. The number of esters is 1. The van der Waals surface area contributed by atoms with Gasteiger partial charge >= 0.3 is 5.97 Å². The minimum Gasteiger partial charge on any atom is -0.462 e. The fourth-order valence-electron chi connectivity index (χ4n) is 3.00. The Bertz CT molecular complexity index is 730. The van der Waals surface area contributed by atoms with Crippen molar-refractivity contribution in [1.29, 1.82) is 0 Å². The lowest BCUT2D eigenvalue weighted by atomic mass is 10.1. The molecular weight excluding hydrogens is 321 g/mol. The molecule has 1 aliphatic rings. The van der Waals surface area contributed by atoms with E-state index < -0.39 is 0 Å². The number of hydrogen-bond donors (Lipinski definition) is 0. The Hall–Kier alpha value is -2.47. The van der Waals surface area contributed by atoms with Crippen LogP contribution in [-0.4, -0.2) is 48.6 Å². The maximum atomic E-state index is 13.8. The van der Waals surface area contributed by atoms with Crippen molar-refractivity contribution in [2.45, 2.75) is 13.5 Å². The van der Waals surface area contributed by atoms with Gasteiger partial charge in [0.15, 0.2) is 0 Å². The van der Waals surface area contributed by atoms with Gasteiger partial charge in [0, 0.05) is 44.5 Å². The molecule has 25 heavy (non-hydrogen) atoms. The van der Waals surface area contributed by atoms with Gasteiger partial charge in [0.05, 0.1) is 6.61 Å². The first-order valence-electron chi connectivity index (χ1n) is 8.52. The topological polar surface area (TPSA) is 45.7 Å². The van der Waals surface area contributed by atoms with Crippen molar-refractivity contribution in [1.82, 2.24) is 9.88 Å². The minimum absolute atomic E-state index is 0.167. The molecule has 132 valence electrons. The molecule has 0 atom stereocenters. The van der Waals surface area contributed by atoms with Crippen LogP contribution in [0.1, 0.15) is 22.8 Å². The number of aromatic nitrogens is 1. The smallest absolute Gasteiger partial charge is 0.341 e. The minimum atomic E-state index is -0.348. The van der Waals surface area contributed by atoms with Gasteiger partial charge in [0.2, 0.25) is 0 Å². The quantitative estimate of drug-likeness (QED) is 0.781. The van der Waals surface area contributed by atoms with E-state index in [9.17, 15) is 9.18 Å². The summed E-state index contributed by atoms with van der Waals surface area (Å²) in [4.78, 5) is 20.8. The number of ether oxygens (including phenoxy) is 1. The lowest BCUT2D eigenvalue weighted by molar-refractivity contribution is 0.0526. The average Bonchev–Trinajstić information content (AvgIpc) is 2.64. The second-order valence-corrected chi connectivity index (χ2v) is 5.95. The Morgan fingerprint density at radius 3 is 2.64 bits per heavy atom. The van der Waals surface area contributed by atoms with Crippen molar-refractivity contribution < 1.29 is 13.9 Å². The van der Waals surface area contributed by atoms with Gasteiger partial charge in [-0.3, -0.25) is 4.90 Å². The number of nitrogens with zero attached hydrogens (tertiary/aromatic N) is 3. The molecule has 0 unspecified atom stereocenters. The molecule has 1 fully saturated rings. The van der Waals surface area contributed by atoms with E-state index >= 15 is 0 Å². The molecule has 2 heterocycles. The lowest BCUT2D eigenvalue weighted by Gasteiger charge is -2.36. The van der Waals surface area contributed by atoms with Gasteiger partial charge in [-0.2, -0.15) is 0 Å². The van der Waals surface area contributed by atoms with E-state index in [1.807, 2.05) is 12.1 Å². The normalized spacial score (nSPS) is 15.2. The first-order valence-corrected chi connectivity index (χ1v) is 8.52. The Labute approximate surface area is 147 Å². The van der Waals surface area contributed by atoms with Gasteiger partial charge in [-0.1, -0.05) is 18.2 Å². The summed E-state index contributed by atoms with van der Waals surface area (Å²) in [5.74, 6) is 0.144. The summed E-state index contributed by atoms with van der Waals surface area (Å²) in [7, 11) is 0. The van der Waals surface area contributed by atoms with Gasteiger partial charge < -0.3 is 9.64 Å². The van der Waals surface area contributed by atoms with Crippen molar-refractivity contribution in [2.24, 2.45) is 0 Å². The maximum absolute atomic E-state index is 13.8. The molecule has 5 nitrogen and oxygen atoms in total. The van der Waals surface area contributed by atoms with Crippen molar-refractivity contribution >= 4 is 11.8 Å². The van der Waals surface area contributed by atoms with Crippen molar-refractivity contribution in [3.05, 3.63) is 59.5 Å². The molecule has 0 amide bonds. The molecule has 0 aliphatic carbocycles. The number of halogens is 1. The van der Waals surface area contributed by atoms with Crippen molar-refractivity contribution in [3.8, 4) is 0 Å². The van der Waals surface area contributed by atoms with Crippen LogP contribution in [-0.2, 0) is 11.3 Å². The van der Waals surface area contributed by atoms with Gasteiger partial charge in [-0.25, -0.2) is 14.2 Å². The first-order chi connectivity index (χ1) is 12.2. The van der Waals surface area contributed by atoms with Crippen LogP contribution < -0.4 is 4.90 Å². The van der Waals surface area contributed by atoms with Crippen LogP contribution in [0.3, 0.4) is 0 Å². The molecule has 0 spiro atoms. The molecule has 2 aromatic rings. The predicted molar refractivity (Wildman–Crippen MR) is 94.1 cm³/mol. The number of piperazine rings is 1. The largest absolute Gasteiger partial charge is 0.462 e. The third-order valence-electron chi connectivity index (χ3n) is 4.31. The monoisotopic (exact) mass is 343 g/mol. The van der Waals surface area contributed by atoms with Gasteiger partial charge in [-0.15, -0.1) is 0 Å². The van der Waals surface area contributed by atoms with E-state index in [4.69, 9.17) is 4.74 Å². The molecule has 3 rings (SSSR count). The fourth-order valence-corrected chi connectivity index (χ4v) is 3.00. The van der Waals surface area contributed by atoms with E-state index in [0.717, 1.165) is 26.2 Å². The summed E-state index contributed by atoms with van der Waals surface area (Å²) < 4.78 is 18.9. The number of benzene rings is 1. The highest BCUT2D eigenvalue weighted by Crippen LogP contribution is 2.21. The lowest BCUT2D eigenvalue weighted by Crippen LogP contribution is -2.46. The standard InChI is InChI=1S/C19H22FN3O2/c1-2-25-19(24)16-7-5-9-21-18(16)23-12-10-22(11-13-23)14-15-6-3-4-8-17(15)20/h3-9H,2,10-14H2,1H3. The summed E-state index contributed by atoms with van der Waals surface area (Å²) in [5, 5.41) is 0. The van der Waals surface area contributed by atoms with E-state index in [-0.39, 0.29) is 11.8 Å². The van der Waals surface area contributed by atoms with Crippen LogP contribution in [0.4, 0.5) is 10.2 Å². The highest BCUT2D eigenvalue weighted by molar-refractivity contribution is 5.94. The highest BCUT2D eigenvalue weighted by Gasteiger charge is 2.23. The number of carbonyl (C=O) groups is 1. The molecular formula is C19H22FN3O2. The zero-order chi connectivity index (χ0) is 17.6.